The SMILES string of the molecule is CSc1nc(C(C)C)nc(C)c1C(=O)N1CCN(C(=O)c2ccc(F)c(F)c2)CC1. The van der Waals surface area contributed by atoms with Gasteiger partial charge in [0.15, 0.2) is 11.6 Å². The second kappa shape index (κ2) is 9.07. The number of aryl methyl sites for hydroxylation is 1. The summed E-state index contributed by atoms with van der Waals surface area (Å²) in [6, 6.07) is 3.10. The number of benzene rings is 1. The summed E-state index contributed by atoms with van der Waals surface area (Å²) in [7, 11) is 0. The number of nitrogens with zero attached hydrogens (tertiary/aromatic N) is 4. The minimum Gasteiger partial charge on any atom is -0.335 e. The Bertz CT molecular complexity index is 976. The van der Waals surface area contributed by atoms with Crippen LogP contribution in [0.3, 0.4) is 0 Å². The number of carbonyl (C=O) groups excluding carboxylic acids is 2. The van der Waals surface area contributed by atoms with E-state index in [9.17, 15) is 18.4 Å². The summed E-state index contributed by atoms with van der Waals surface area (Å²) in [5.74, 6) is -1.73. The van der Waals surface area contributed by atoms with Crippen LogP contribution in [0.4, 0.5) is 8.78 Å². The van der Waals surface area contributed by atoms with Crippen molar-refractivity contribution in [3.05, 3.63) is 52.5 Å². The molecule has 1 saturated heterocycles. The van der Waals surface area contributed by atoms with Crippen LogP contribution in [0.2, 0.25) is 0 Å². The molecule has 1 aliphatic heterocycles. The van der Waals surface area contributed by atoms with E-state index in [2.05, 4.69) is 9.97 Å². The Kier molecular flexibility index (Phi) is 6.70. The molecule has 3 rings (SSSR count). The Balaban J connectivity index is 1.72. The number of rotatable bonds is 4. The van der Waals surface area contributed by atoms with E-state index in [0.29, 0.717) is 48.3 Å². The van der Waals surface area contributed by atoms with Crippen LogP contribution in [-0.4, -0.2) is 64.0 Å². The highest BCUT2D eigenvalue weighted by atomic mass is 32.2. The van der Waals surface area contributed by atoms with E-state index in [1.54, 1.807) is 4.90 Å². The summed E-state index contributed by atoms with van der Waals surface area (Å²) in [6.45, 7) is 7.11. The molecule has 2 amide bonds. The number of hydrogen-bond donors (Lipinski definition) is 0. The number of carbonyl (C=O) groups is 2. The lowest BCUT2D eigenvalue weighted by molar-refractivity contribution is 0.0532. The van der Waals surface area contributed by atoms with E-state index < -0.39 is 11.6 Å². The summed E-state index contributed by atoms with van der Waals surface area (Å²) >= 11 is 1.41. The highest BCUT2D eigenvalue weighted by Crippen LogP contribution is 2.25. The normalized spacial score (nSPS) is 14.4. The van der Waals surface area contributed by atoms with Crippen molar-refractivity contribution in [3.8, 4) is 0 Å². The van der Waals surface area contributed by atoms with Gasteiger partial charge in [-0.3, -0.25) is 9.59 Å². The first-order valence-corrected chi connectivity index (χ1v) is 10.9. The molecular formula is C21H24F2N4O2S. The van der Waals surface area contributed by atoms with Gasteiger partial charge in [-0.15, -0.1) is 11.8 Å². The van der Waals surface area contributed by atoms with E-state index >= 15 is 0 Å². The molecule has 0 atom stereocenters. The van der Waals surface area contributed by atoms with E-state index in [0.717, 1.165) is 12.1 Å². The molecule has 0 bridgehead atoms. The fourth-order valence-corrected chi connectivity index (χ4v) is 3.93. The summed E-state index contributed by atoms with van der Waals surface area (Å²) in [4.78, 5) is 38.0. The standard InChI is InChI=1S/C21H24F2N4O2S/c1-12(2)18-24-13(3)17(19(25-18)30-4)21(29)27-9-7-26(8-10-27)20(28)14-5-6-15(22)16(23)11-14/h5-6,11-12H,7-10H2,1-4H3. The fraction of sp³-hybridized carbons (Fsp3) is 0.429. The van der Waals surface area contributed by atoms with Gasteiger partial charge in [-0.2, -0.15) is 0 Å². The van der Waals surface area contributed by atoms with E-state index in [1.807, 2.05) is 27.0 Å². The first-order valence-electron chi connectivity index (χ1n) is 9.69. The predicted molar refractivity (Wildman–Crippen MR) is 111 cm³/mol. The van der Waals surface area contributed by atoms with Crippen molar-refractivity contribution in [2.75, 3.05) is 32.4 Å². The third kappa shape index (κ3) is 4.45. The second-order valence-electron chi connectivity index (χ2n) is 7.42. The number of piperazine rings is 1. The van der Waals surface area contributed by atoms with Crippen molar-refractivity contribution >= 4 is 23.6 Å². The van der Waals surface area contributed by atoms with Gasteiger partial charge in [0.25, 0.3) is 11.8 Å². The molecule has 0 saturated carbocycles. The van der Waals surface area contributed by atoms with Gasteiger partial charge in [0.05, 0.1) is 11.3 Å². The molecule has 1 aromatic heterocycles. The largest absolute Gasteiger partial charge is 0.335 e. The average Bonchev–Trinajstić information content (AvgIpc) is 2.74. The zero-order valence-electron chi connectivity index (χ0n) is 17.4. The molecule has 9 heteroatoms. The van der Waals surface area contributed by atoms with Crippen LogP contribution in [0.25, 0.3) is 0 Å². The lowest BCUT2D eigenvalue weighted by Gasteiger charge is -2.35. The van der Waals surface area contributed by atoms with Crippen LogP contribution in [0.15, 0.2) is 23.2 Å². The quantitative estimate of drug-likeness (QED) is 0.544. The maximum atomic E-state index is 13.4. The van der Waals surface area contributed by atoms with Crippen LogP contribution in [0, 0.1) is 18.6 Å². The number of thioether (sulfide) groups is 1. The number of hydrogen-bond acceptors (Lipinski definition) is 5. The lowest BCUT2D eigenvalue weighted by Crippen LogP contribution is -2.50. The highest BCUT2D eigenvalue weighted by molar-refractivity contribution is 7.98. The van der Waals surface area contributed by atoms with Gasteiger partial charge in [-0.05, 0) is 31.4 Å². The molecule has 2 aromatic rings. The number of aromatic nitrogens is 2. The predicted octanol–water partition coefficient (Wildman–Crippen LogP) is 3.51. The third-order valence-corrected chi connectivity index (χ3v) is 5.70. The zero-order chi connectivity index (χ0) is 22.0. The highest BCUT2D eigenvalue weighted by Gasteiger charge is 2.29. The van der Waals surface area contributed by atoms with Gasteiger partial charge in [0.2, 0.25) is 0 Å². The summed E-state index contributed by atoms with van der Waals surface area (Å²) in [5, 5.41) is 0.650. The van der Waals surface area contributed by atoms with Crippen LogP contribution < -0.4 is 0 Å². The third-order valence-electron chi connectivity index (χ3n) is 5.02. The molecule has 6 nitrogen and oxygen atoms in total. The molecule has 0 radical (unpaired) electrons. The van der Waals surface area contributed by atoms with Crippen LogP contribution in [-0.2, 0) is 0 Å². The van der Waals surface area contributed by atoms with Crippen LogP contribution >= 0.6 is 11.8 Å². The van der Waals surface area contributed by atoms with Crippen molar-refractivity contribution in [1.82, 2.24) is 19.8 Å². The van der Waals surface area contributed by atoms with Crippen LogP contribution in [0.1, 0.15) is 52.0 Å². The molecule has 1 aliphatic rings. The van der Waals surface area contributed by atoms with Gasteiger partial charge < -0.3 is 9.80 Å². The first-order chi connectivity index (χ1) is 14.2. The molecule has 1 aromatic carbocycles. The first kappa shape index (κ1) is 22.1. The number of amides is 2. The minimum absolute atomic E-state index is 0.0897. The maximum Gasteiger partial charge on any atom is 0.258 e. The van der Waals surface area contributed by atoms with Crippen molar-refractivity contribution in [2.45, 2.75) is 31.7 Å². The Labute approximate surface area is 178 Å². The minimum atomic E-state index is -1.06. The Hall–Kier alpha value is -2.55. The Morgan fingerprint density at radius 1 is 1.00 bits per heavy atom. The van der Waals surface area contributed by atoms with Gasteiger partial charge in [0.1, 0.15) is 10.9 Å². The summed E-state index contributed by atoms with van der Waals surface area (Å²) in [5.41, 5.74) is 1.22. The molecule has 0 unspecified atom stereocenters. The molecule has 2 heterocycles. The smallest absolute Gasteiger partial charge is 0.258 e. The Morgan fingerprint density at radius 2 is 1.60 bits per heavy atom. The number of halogens is 2. The molecule has 1 fully saturated rings. The monoisotopic (exact) mass is 434 g/mol. The van der Waals surface area contributed by atoms with E-state index in [1.165, 1.54) is 22.7 Å². The van der Waals surface area contributed by atoms with Gasteiger partial charge in [0, 0.05) is 37.7 Å². The summed E-state index contributed by atoms with van der Waals surface area (Å²) < 4.78 is 26.6. The topological polar surface area (TPSA) is 66.4 Å². The van der Waals surface area contributed by atoms with Crippen LogP contribution in [0.5, 0.6) is 0 Å². The van der Waals surface area contributed by atoms with Crippen molar-refractivity contribution in [2.24, 2.45) is 0 Å². The lowest BCUT2D eigenvalue weighted by atomic mass is 10.1. The van der Waals surface area contributed by atoms with Crippen molar-refractivity contribution in [1.29, 1.82) is 0 Å². The Morgan fingerprint density at radius 3 is 2.13 bits per heavy atom. The van der Waals surface area contributed by atoms with E-state index in [-0.39, 0.29) is 23.3 Å². The molecule has 0 spiro atoms. The van der Waals surface area contributed by atoms with Gasteiger partial charge in [-0.25, -0.2) is 18.7 Å². The molecule has 0 N–H and O–H groups in total. The van der Waals surface area contributed by atoms with Crippen molar-refractivity contribution < 1.29 is 18.4 Å². The van der Waals surface area contributed by atoms with Gasteiger partial charge in [-0.1, -0.05) is 13.8 Å². The average molecular weight is 435 g/mol. The molecular weight excluding hydrogens is 410 g/mol. The zero-order valence-corrected chi connectivity index (χ0v) is 18.2. The fourth-order valence-electron chi connectivity index (χ4n) is 3.30. The van der Waals surface area contributed by atoms with Crippen molar-refractivity contribution in [3.63, 3.8) is 0 Å². The maximum absolute atomic E-state index is 13.4. The summed E-state index contributed by atoms with van der Waals surface area (Å²) in [6.07, 6.45) is 1.88. The molecule has 160 valence electrons. The second-order valence-corrected chi connectivity index (χ2v) is 8.21. The van der Waals surface area contributed by atoms with Gasteiger partial charge >= 0.3 is 0 Å². The molecule has 30 heavy (non-hydrogen) atoms. The molecule has 0 aliphatic carbocycles. The van der Waals surface area contributed by atoms with E-state index in [4.69, 9.17) is 0 Å².